The van der Waals surface area contributed by atoms with Gasteiger partial charge in [-0.3, -0.25) is 4.79 Å². The fourth-order valence-electron chi connectivity index (χ4n) is 2.19. The van der Waals surface area contributed by atoms with Gasteiger partial charge in [-0.15, -0.1) is 0 Å². The first kappa shape index (κ1) is 11.6. The van der Waals surface area contributed by atoms with E-state index in [2.05, 4.69) is 15.0 Å². The van der Waals surface area contributed by atoms with Crippen LogP contribution in [0.2, 0.25) is 0 Å². The van der Waals surface area contributed by atoms with Gasteiger partial charge in [0, 0.05) is 23.8 Å². The topological polar surface area (TPSA) is 86.7 Å². The summed E-state index contributed by atoms with van der Waals surface area (Å²) in [6, 6.07) is 3.81. The molecule has 2 aliphatic rings. The zero-order chi connectivity index (χ0) is 13.6. The molecule has 0 spiro atoms. The molecule has 0 aromatic carbocycles. The van der Waals surface area contributed by atoms with Gasteiger partial charge in [-0.2, -0.15) is 4.98 Å². The molecule has 1 aromatic heterocycles. The molecular formula is C13H13N5O. The number of fused-ring (bicyclic) bond motifs is 3. The first-order chi connectivity index (χ1) is 9.10. The summed E-state index contributed by atoms with van der Waals surface area (Å²) in [7, 11) is 0. The van der Waals surface area contributed by atoms with Gasteiger partial charge >= 0.3 is 0 Å². The number of nitrogens with zero attached hydrogens (tertiary/aromatic N) is 4. The fraction of sp³-hybridized carbons (Fsp3) is 0.231. The third kappa shape index (κ3) is 1.72. The van der Waals surface area contributed by atoms with E-state index in [1.54, 1.807) is 6.20 Å². The Morgan fingerprint density at radius 1 is 1.26 bits per heavy atom. The maximum absolute atomic E-state index is 11.9. The van der Waals surface area contributed by atoms with Crippen LogP contribution < -0.4 is 11.3 Å². The first-order valence-corrected chi connectivity index (χ1v) is 6.04. The monoisotopic (exact) mass is 255 g/mol. The smallest absolute Gasteiger partial charge is 0.283 e. The van der Waals surface area contributed by atoms with Crippen molar-refractivity contribution in [2.45, 2.75) is 20.4 Å². The van der Waals surface area contributed by atoms with E-state index in [1.165, 1.54) is 0 Å². The molecule has 0 unspecified atom stereocenters. The highest BCUT2D eigenvalue weighted by Crippen LogP contribution is 2.26. The Balaban J connectivity index is 2.57. The van der Waals surface area contributed by atoms with Gasteiger partial charge in [0.05, 0.1) is 11.3 Å². The van der Waals surface area contributed by atoms with Gasteiger partial charge in [0.25, 0.3) is 5.56 Å². The summed E-state index contributed by atoms with van der Waals surface area (Å²) in [5, 5.41) is 0.816. The predicted octanol–water partition coefficient (Wildman–Crippen LogP) is 1.20. The molecule has 6 heteroatoms. The van der Waals surface area contributed by atoms with E-state index >= 15 is 0 Å². The number of aryl methyl sites for hydroxylation is 2. The SMILES string of the molecule is CCn1cc2c(=O)nc(N)nc-2c2ccc(C)nc21. The molecule has 0 amide bonds. The van der Waals surface area contributed by atoms with Crippen LogP contribution in [0.15, 0.2) is 23.1 Å². The van der Waals surface area contributed by atoms with Crippen LogP contribution in [0.25, 0.3) is 22.3 Å². The molecule has 1 aromatic rings. The Hall–Kier alpha value is -2.50. The van der Waals surface area contributed by atoms with Crippen LogP contribution in [0.4, 0.5) is 5.95 Å². The summed E-state index contributed by atoms with van der Waals surface area (Å²) >= 11 is 0. The van der Waals surface area contributed by atoms with E-state index in [1.807, 2.05) is 30.5 Å². The highest BCUT2D eigenvalue weighted by Gasteiger charge is 2.17. The minimum atomic E-state index is -0.354. The van der Waals surface area contributed by atoms with Crippen molar-refractivity contribution in [3.63, 3.8) is 0 Å². The molecule has 0 fully saturated rings. The van der Waals surface area contributed by atoms with Gasteiger partial charge in [0.2, 0.25) is 5.95 Å². The van der Waals surface area contributed by atoms with Gasteiger partial charge in [0.15, 0.2) is 0 Å². The molecule has 0 saturated carbocycles. The number of nitrogen functional groups attached to an aromatic ring is 1. The Morgan fingerprint density at radius 3 is 2.79 bits per heavy atom. The van der Waals surface area contributed by atoms with Gasteiger partial charge in [0.1, 0.15) is 5.65 Å². The number of anilines is 1. The lowest BCUT2D eigenvalue weighted by atomic mass is 10.1. The molecule has 96 valence electrons. The Labute approximate surface area is 109 Å². The summed E-state index contributed by atoms with van der Waals surface area (Å²) in [5.41, 5.74) is 7.95. The van der Waals surface area contributed by atoms with Gasteiger partial charge in [-0.1, -0.05) is 0 Å². The molecule has 19 heavy (non-hydrogen) atoms. The molecule has 3 rings (SSSR count). The third-order valence-corrected chi connectivity index (χ3v) is 3.10. The molecule has 0 aliphatic carbocycles. The molecule has 0 saturated heterocycles. The van der Waals surface area contributed by atoms with Crippen molar-refractivity contribution in [3.05, 3.63) is 34.4 Å². The number of hydrogen-bond acceptors (Lipinski definition) is 5. The normalized spacial score (nSPS) is 11.3. The van der Waals surface area contributed by atoms with Crippen molar-refractivity contribution in [2.24, 2.45) is 0 Å². The van der Waals surface area contributed by atoms with Crippen LogP contribution in [0.3, 0.4) is 0 Å². The molecule has 0 atom stereocenters. The molecule has 2 aliphatic heterocycles. The summed E-state index contributed by atoms with van der Waals surface area (Å²) < 4.78 is 1.92. The van der Waals surface area contributed by atoms with Crippen LogP contribution in [-0.4, -0.2) is 19.5 Å². The average Bonchev–Trinajstić information content (AvgIpc) is 2.37. The lowest BCUT2D eigenvalue weighted by molar-refractivity contribution is 0.775. The second-order valence-electron chi connectivity index (χ2n) is 4.39. The van der Waals surface area contributed by atoms with Crippen molar-refractivity contribution in [2.75, 3.05) is 5.73 Å². The predicted molar refractivity (Wildman–Crippen MR) is 73.0 cm³/mol. The largest absolute Gasteiger partial charge is 0.368 e. The van der Waals surface area contributed by atoms with E-state index in [0.717, 1.165) is 16.7 Å². The average molecular weight is 255 g/mol. The van der Waals surface area contributed by atoms with Crippen LogP contribution >= 0.6 is 0 Å². The van der Waals surface area contributed by atoms with E-state index < -0.39 is 0 Å². The van der Waals surface area contributed by atoms with E-state index in [4.69, 9.17) is 5.73 Å². The lowest BCUT2D eigenvalue weighted by Crippen LogP contribution is -2.17. The van der Waals surface area contributed by atoms with Crippen LogP contribution in [-0.2, 0) is 6.54 Å². The fourth-order valence-corrected chi connectivity index (χ4v) is 2.19. The number of aromatic nitrogens is 4. The Kier molecular flexibility index (Phi) is 2.45. The minimum absolute atomic E-state index is 0.00590. The summed E-state index contributed by atoms with van der Waals surface area (Å²) in [5.74, 6) is -0.00590. The van der Waals surface area contributed by atoms with Gasteiger partial charge < -0.3 is 10.3 Å². The van der Waals surface area contributed by atoms with Crippen molar-refractivity contribution in [1.82, 2.24) is 19.5 Å². The molecule has 2 N–H and O–H groups in total. The Bertz CT molecular complexity index is 808. The summed E-state index contributed by atoms with van der Waals surface area (Å²) in [6.45, 7) is 4.64. The zero-order valence-electron chi connectivity index (χ0n) is 10.7. The number of rotatable bonds is 1. The molecule has 0 radical (unpaired) electrons. The van der Waals surface area contributed by atoms with Gasteiger partial charge in [-0.05, 0) is 26.0 Å². The highest BCUT2D eigenvalue weighted by atomic mass is 16.1. The number of pyridine rings is 2. The molecular weight excluding hydrogens is 242 g/mol. The van der Waals surface area contributed by atoms with Gasteiger partial charge in [-0.25, -0.2) is 9.97 Å². The second kappa shape index (κ2) is 4.01. The van der Waals surface area contributed by atoms with Crippen LogP contribution in [0, 0.1) is 6.92 Å². The molecule has 3 heterocycles. The molecule has 6 nitrogen and oxygen atoms in total. The van der Waals surface area contributed by atoms with Crippen molar-refractivity contribution in [1.29, 1.82) is 0 Å². The van der Waals surface area contributed by atoms with Crippen molar-refractivity contribution in [3.8, 4) is 11.3 Å². The zero-order valence-corrected chi connectivity index (χ0v) is 10.7. The Morgan fingerprint density at radius 2 is 2.05 bits per heavy atom. The van der Waals surface area contributed by atoms with E-state index in [0.29, 0.717) is 17.8 Å². The summed E-state index contributed by atoms with van der Waals surface area (Å²) in [4.78, 5) is 24.3. The maximum Gasteiger partial charge on any atom is 0.283 e. The van der Waals surface area contributed by atoms with Crippen molar-refractivity contribution >= 4 is 17.0 Å². The van der Waals surface area contributed by atoms with Crippen LogP contribution in [0.5, 0.6) is 0 Å². The first-order valence-electron chi connectivity index (χ1n) is 6.04. The summed E-state index contributed by atoms with van der Waals surface area (Å²) in [6.07, 6.45) is 1.74. The number of hydrogen-bond donors (Lipinski definition) is 1. The lowest BCUT2D eigenvalue weighted by Gasteiger charge is -2.14. The maximum atomic E-state index is 11.9. The third-order valence-electron chi connectivity index (χ3n) is 3.10. The van der Waals surface area contributed by atoms with E-state index in [-0.39, 0.29) is 11.5 Å². The van der Waals surface area contributed by atoms with E-state index in [9.17, 15) is 4.79 Å². The minimum Gasteiger partial charge on any atom is -0.368 e. The highest BCUT2D eigenvalue weighted by molar-refractivity contribution is 5.91. The number of nitrogens with two attached hydrogens (primary N) is 1. The quantitative estimate of drug-likeness (QED) is 0.660. The standard InChI is InChI=1S/C13H13N5O/c1-3-18-6-9-10(16-13(14)17-12(9)19)8-5-4-7(2)15-11(8)18/h4-6H,3H2,1-2H3,(H2,14,17,19). The molecule has 0 bridgehead atoms. The second-order valence-corrected chi connectivity index (χ2v) is 4.39. The van der Waals surface area contributed by atoms with Crippen LogP contribution in [0.1, 0.15) is 12.6 Å². The van der Waals surface area contributed by atoms with Crippen molar-refractivity contribution < 1.29 is 0 Å².